The molecule has 1 aromatic heterocycles. The van der Waals surface area contributed by atoms with Gasteiger partial charge in [0, 0.05) is 18.7 Å². The van der Waals surface area contributed by atoms with Crippen LogP contribution >= 0.6 is 0 Å². The van der Waals surface area contributed by atoms with Gasteiger partial charge in [-0.25, -0.2) is 8.42 Å². The number of nitrogens with zero attached hydrogens (tertiary/aromatic N) is 3. The minimum absolute atomic E-state index is 0.0341. The van der Waals surface area contributed by atoms with E-state index in [4.69, 9.17) is 4.52 Å². The van der Waals surface area contributed by atoms with E-state index in [0.717, 1.165) is 17.7 Å². The van der Waals surface area contributed by atoms with Gasteiger partial charge in [-0.15, -0.1) is 0 Å². The van der Waals surface area contributed by atoms with Crippen LogP contribution in [0.3, 0.4) is 0 Å². The van der Waals surface area contributed by atoms with Crippen LogP contribution in [-0.2, 0) is 16.2 Å². The van der Waals surface area contributed by atoms with Gasteiger partial charge in [-0.1, -0.05) is 35.0 Å². The lowest BCUT2D eigenvalue weighted by atomic mass is 10.0. The van der Waals surface area contributed by atoms with Crippen molar-refractivity contribution < 1.29 is 26.1 Å². The first-order valence-electron chi connectivity index (χ1n) is 9.14. The number of sulfonamides is 1. The summed E-state index contributed by atoms with van der Waals surface area (Å²) in [5.41, 5.74) is 1.02. The maximum Gasteiger partial charge on any atom is 0.416 e. The zero-order chi connectivity index (χ0) is 21.7. The molecule has 2 aromatic carbocycles. The summed E-state index contributed by atoms with van der Waals surface area (Å²) in [5, 5.41) is 3.76. The molecule has 3 aromatic rings. The molecule has 0 atom stereocenters. The highest BCUT2D eigenvalue weighted by molar-refractivity contribution is 7.89. The van der Waals surface area contributed by atoms with Crippen LogP contribution in [-0.4, -0.2) is 36.0 Å². The van der Waals surface area contributed by atoms with E-state index in [0.29, 0.717) is 5.56 Å². The lowest BCUT2D eigenvalue weighted by Crippen LogP contribution is -2.48. The highest BCUT2D eigenvalue weighted by Crippen LogP contribution is 2.34. The van der Waals surface area contributed by atoms with Gasteiger partial charge in [-0.2, -0.15) is 22.5 Å². The van der Waals surface area contributed by atoms with E-state index in [2.05, 4.69) is 10.1 Å². The molecule has 0 bridgehead atoms. The van der Waals surface area contributed by atoms with Crippen molar-refractivity contribution >= 4 is 10.0 Å². The van der Waals surface area contributed by atoms with Crippen molar-refractivity contribution in [3.05, 3.63) is 65.0 Å². The third-order valence-corrected chi connectivity index (χ3v) is 7.03. The molecule has 1 aliphatic heterocycles. The normalized spacial score (nSPS) is 15.9. The molecule has 1 saturated heterocycles. The fraction of sp³-hybridized carbons (Fsp3) is 0.300. The molecule has 2 heterocycles. The SMILES string of the molecule is Cc1ccc(S(=O)(=O)N2CC(c3nc(-c4cccc(C(F)(F)F)c4)no3)C2)c(C)c1. The van der Waals surface area contributed by atoms with Gasteiger partial charge < -0.3 is 4.52 Å². The van der Waals surface area contributed by atoms with Crippen molar-refractivity contribution in [1.29, 1.82) is 0 Å². The number of aromatic nitrogens is 2. The molecule has 0 unspecified atom stereocenters. The van der Waals surface area contributed by atoms with E-state index < -0.39 is 21.8 Å². The predicted molar refractivity (Wildman–Crippen MR) is 102 cm³/mol. The molecule has 158 valence electrons. The maximum absolute atomic E-state index is 12.9. The van der Waals surface area contributed by atoms with Crippen molar-refractivity contribution in [2.75, 3.05) is 13.1 Å². The zero-order valence-corrected chi connectivity index (χ0v) is 17.0. The standard InChI is InChI=1S/C20H18F3N3O3S/c1-12-6-7-17(13(2)8-12)30(27,28)26-10-15(11-26)19-24-18(25-29-19)14-4-3-5-16(9-14)20(21,22)23/h3-9,15H,10-11H2,1-2H3. The van der Waals surface area contributed by atoms with Gasteiger partial charge in [0.1, 0.15) is 0 Å². The highest BCUT2D eigenvalue weighted by Gasteiger charge is 2.41. The smallest absolute Gasteiger partial charge is 0.339 e. The van der Waals surface area contributed by atoms with Crippen LogP contribution < -0.4 is 0 Å². The summed E-state index contributed by atoms with van der Waals surface area (Å²) >= 11 is 0. The number of rotatable bonds is 4. The Morgan fingerprint density at radius 2 is 1.83 bits per heavy atom. The molecule has 0 aliphatic carbocycles. The van der Waals surface area contributed by atoms with E-state index in [-0.39, 0.29) is 41.2 Å². The molecule has 0 spiro atoms. The van der Waals surface area contributed by atoms with E-state index in [9.17, 15) is 21.6 Å². The van der Waals surface area contributed by atoms with Crippen molar-refractivity contribution in [1.82, 2.24) is 14.4 Å². The Kier molecular flexibility index (Phi) is 4.94. The number of halogens is 3. The van der Waals surface area contributed by atoms with Gasteiger partial charge in [0.2, 0.25) is 21.7 Å². The van der Waals surface area contributed by atoms with Gasteiger partial charge in [0.15, 0.2) is 0 Å². The second-order valence-corrected chi connectivity index (χ2v) is 9.23. The molecule has 1 fully saturated rings. The number of benzene rings is 2. The molecule has 1 aliphatic rings. The number of aryl methyl sites for hydroxylation is 2. The van der Waals surface area contributed by atoms with Crippen molar-refractivity contribution in [2.45, 2.75) is 30.8 Å². The molecular weight excluding hydrogens is 419 g/mol. The molecule has 6 nitrogen and oxygen atoms in total. The topological polar surface area (TPSA) is 76.3 Å². The Morgan fingerprint density at radius 1 is 1.10 bits per heavy atom. The molecule has 0 amide bonds. The first-order chi connectivity index (χ1) is 14.1. The van der Waals surface area contributed by atoms with Crippen LogP contribution in [0, 0.1) is 13.8 Å². The molecule has 4 rings (SSSR count). The van der Waals surface area contributed by atoms with Crippen LogP contribution in [0.5, 0.6) is 0 Å². The number of hydrogen-bond acceptors (Lipinski definition) is 5. The fourth-order valence-electron chi connectivity index (χ4n) is 3.37. The third kappa shape index (κ3) is 3.72. The zero-order valence-electron chi connectivity index (χ0n) is 16.1. The minimum Gasteiger partial charge on any atom is -0.339 e. The summed E-state index contributed by atoms with van der Waals surface area (Å²) in [5.74, 6) is -0.0705. The van der Waals surface area contributed by atoms with E-state index in [1.165, 1.54) is 16.4 Å². The Hall–Kier alpha value is -2.72. The van der Waals surface area contributed by atoms with Crippen LogP contribution in [0.4, 0.5) is 13.2 Å². The van der Waals surface area contributed by atoms with E-state index in [1.54, 1.807) is 19.1 Å². The predicted octanol–water partition coefficient (Wildman–Crippen LogP) is 4.16. The summed E-state index contributed by atoms with van der Waals surface area (Å²) in [6, 6.07) is 9.79. The Labute approximate surface area is 171 Å². The second kappa shape index (κ2) is 7.21. The molecule has 0 saturated carbocycles. The fourth-order valence-corrected chi connectivity index (χ4v) is 5.11. The average molecular weight is 437 g/mol. The van der Waals surface area contributed by atoms with E-state index in [1.807, 2.05) is 13.0 Å². The summed E-state index contributed by atoms with van der Waals surface area (Å²) in [6.45, 7) is 3.97. The monoisotopic (exact) mass is 437 g/mol. The van der Waals surface area contributed by atoms with Crippen molar-refractivity contribution in [3.8, 4) is 11.4 Å². The number of alkyl halides is 3. The molecule has 0 N–H and O–H groups in total. The largest absolute Gasteiger partial charge is 0.416 e. The second-order valence-electron chi connectivity index (χ2n) is 7.32. The van der Waals surface area contributed by atoms with Gasteiger partial charge in [-0.3, -0.25) is 0 Å². The van der Waals surface area contributed by atoms with Gasteiger partial charge >= 0.3 is 6.18 Å². The van der Waals surface area contributed by atoms with Gasteiger partial charge in [0.05, 0.1) is 16.4 Å². The van der Waals surface area contributed by atoms with Crippen LogP contribution in [0.1, 0.15) is 28.5 Å². The van der Waals surface area contributed by atoms with Crippen LogP contribution in [0.2, 0.25) is 0 Å². The van der Waals surface area contributed by atoms with E-state index >= 15 is 0 Å². The molecular formula is C20H18F3N3O3S. The van der Waals surface area contributed by atoms with Crippen LogP contribution in [0.15, 0.2) is 51.9 Å². The lowest BCUT2D eigenvalue weighted by Gasteiger charge is -2.36. The summed E-state index contributed by atoms with van der Waals surface area (Å²) in [4.78, 5) is 4.43. The first kappa shape index (κ1) is 20.5. The van der Waals surface area contributed by atoms with Gasteiger partial charge in [-0.05, 0) is 37.6 Å². The molecule has 30 heavy (non-hydrogen) atoms. The summed E-state index contributed by atoms with van der Waals surface area (Å²) in [6.07, 6.45) is -4.47. The van der Waals surface area contributed by atoms with Crippen molar-refractivity contribution in [3.63, 3.8) is 0 Å². The quantitative estimate of drug-likeness (QED) is 0.613. The Bertz CT molecular complexity index is 1200. The first-order valence-corrected chi connectivity index (χ1v) is 10.6. The van der Waals surface area contributed by atoms with Crippen molar-refractivity contribution in [2.24, 2.45) is 0 Å². The summed E-state index contributed by atoms with van der Waals surface area (Å²) in [7, 11) is -3.64. The lowest BCUT2D eigenvalue weighted by molar-refractivity contribution is -0.137. The number of hydrogen-bond donors (Lipinski definition) is 0. The van der Waals surface area contributed by atoms with Crippen LogP contribution in [0.25, 0.3) is 11.4 Å². The Balaban J connectivity index is 1.49. The molecule has 0 radical (unpaired) electrons. The Morgan fingerprint density at radius 3 is 2.50 bits per heavy atom. The third-order valence-electron chi connectivity index (χ3n) is 5.04. The summed E-state index contributed by atoms with van der Waals surface area (Å²) < 4.78 is 70.9. The minimum atomic E-state index is -4.47. The molecule has 10 heteroatoms. The van der Waals surface area contributed by atoms with Gasteiger partial charge in [0.25, 0.3) is 0 Å². The maximum atomic E-state index is 12.9. The average Bonchev–Trinajstić information content (AvgIpc) is 3.09. The highest BCUT2D eigenvalue weighted by atomic mass is 32.2.